The highest BCUT2D eigenvalue weighted by atomic mass is 19.1. The lowest BCUT2D eigenvalue weighted by atomic mass is 10.0. The van der Waals surface area contributed by atoms with E-state index in [4.69, 9.17) is 0 Å². The van der Waals surface area contributed by atoms with Gasteiger partial charge in [-0.05, 0) is 44.0 Å². The number of benzene rings is 1. The number of hydrogen-bond donors (Lipinski definition) is 2. The molecule has 6 nitrogen and oxygen atoms in total. The first-order chi connectivity index (χ1) is 11.7. The van der Waals surface area contributed by atoms with Crippen LogP contribution in [-0.4, -0.2) is 32.8 Å². The number of amides is 1. The van der Waals surface area contributed by atoms with Gasteiger partial charge in [0.25, 0.3) is 0 Å². The second-order valence-corrected chi connectivity index (χ2v) is 6.34. The zero-order chi connectivity index (χ0) is 18.7. The quantitative estimate of drug-likeness (QED) is 0.840. The molecule has 7 heteroatoms. The van der Waals surface area contributed by atoms with E-state index < -0.39 is 12.0 Å². The van der Waals surface area contributed by atoms with Gasteiger partial charge in [0, 0.05) is 11.3 Å². The molecule has 0 spiro atoms. The molecule has 25 heavy (non-hydrogen) atoms. The lowest BCUT2D eigenvalue weighted by molar-refractivity contribution is -0.143. The Morgan fingerprint density at radius 3 is 2.36 bits per heavy atom. The number of carboxylic acid groups (broad SMARTS) is 1. The van der Waals surface area contributed by atoms with Crippen LogP contribution in [-0.2, 0) is 16.0 Å². The molecule has 0 aliphatic heterocycles. The van der Waals surface area contributed by atoms with Gasteiger partial charge in [0.05, 0.1) is 17.8 Å². The van der Waals surface area contributed by atoms with Crippen LogP contribution in [0.2, 0.25) is 0 Å². The molecule has 2 rings (SSSR count). The van der Waals surface area contributed by atoms with Gasteiger partial charge >= 0.3 is 5.97 Å². The van der Waals surface area contributed by atoms with Gasteiger partial charge in [-0.2, -0.15) is 5.10 Å². The van der Waals surface area contributed by atoms with Gasteiger partial charge in [0.1, 0.15) is 11.9 Å². The third kappa shape index (κ3) is 4.23. The number of hydrogen-bond acceptors (Lipinski definition) is 3. The Kier molecular flexibility index (Phi) is 5.56. The van der Waals surface area contributed by atoms with Gasteiger partial charge in [-0.3, -0.25) is 4.79 Å². The first-order valence-electron chi connectivity index (χ1n) is 8.04. The van der Waals surface area contributed by atoms with Crippen molar-refractivity contribution in [1.29, 1.82) is 0 Å². The van der Waals surface area contributed by atoms with Crippen molar-refractivity contribution in [2.45, 2.75) is 40.2 Å². The summed E-state index contributed by atoms with van der Waals surface area (Å²) < 4.78 is 14.7. The minimum Gasteiger partial charge on any atom is -0.480 e. The molecule has 0 fully saturated rings. The van der Waals surface area contributed by atoms with E-state index in [0.29, 0.717) is 11.4 Å². The summed E-state index contributed by atoms with van der Waals surface area (Å²) in [6, 6.07) is 4.98. The maximum Gasteiger partial charge on any atom is 0.326 e. The number of aliphatic carboxylic acids is 1. The number of nitrogens with one attached hydrogen (secondary N) is 1. The van der Waals surface area contributed by atoms with Crippen LogP contribution in [0, 0.1) is 25.6 Å². The fraction of sp³-hybridized carbons (Fsp3) is 0.389. The van der Waals surface area contributed by atoms with E-state index in [1.165, 1.54) is 12.1 Å². The Bertz CT molecular complexity index is 782. The average Bonchev–Trinajstić information content (AvgIpc) is 2.81. The molecule has 0 radical (unpaired) electrons. The summed E-state index contributed by atoms with van der Waals surface area (Å²) in [6.45, 7) is 7.08. The van der Waals surface area contributed by atoms with Crippen molar-refractivity contribution in [2.75, 3.05) is 0 Å². The van der Waals surface area contributed by atoms with Crippen LogP contribution in [0.5, 0.6) is 0 Å². The largest absolute Gasteiger partial charge is 0.480 e. The van der Waals surface area contributed by atoms with Gasteiger partial charge in [-0.1, -0.05) is 13.8 Å². The lowest BCUT2D eigenvalue weighted by Gasteiger charge is -2.17. The van der Waals surface area contributed by atoms with E-state index in [-0.39, 0.29) is 24.1 Å². The first kappa shape index (κ1) is 18.6. The predicted octanol–water partition coefficient (Wildman–Crippen LogP) is 2.40. The van der Waals surface area contributed by atoms with Crippen LogP contribution < -0.4 is 5.32 Å². The topological polar surface area (TPSA) is 84.2 Å². The van der Waals surface area contributed by atoms with Crippen LogP contribution >= 0.6 is 0 Å². The molecule has 0 bridgehead atoms. The van der Waals surface area contributed by atoms with Crippen molar-refractivity contribution in [3.05, 3.63) is 47.0 Å². The molecule has 0 aliphatic carbocycles. The smallest absolute Gasteiger partial charge is 0.326 e. The number of rotatable bonds is 6. The molecule has 1 aromatic heterocycles. The third-order valence-electron chi connectivity index (χ3n) is 4.10. The number of carboxylic acids is 1. The van der Waals surface area contributed by atoms with Crippen molar-refractivity contribution in [3.8, 4) is 5.69 Å². The summed E-state index contributed by atoms with van der Waals surface area (Å²) >= 11 is 0. The van der Waals surface area contributed by atoms with Crippen LogP contribution in [0.4, 0.5) is 4.39 Å². The molecule has 1 aromatic carbocycles. The maximum atomic E-state index is 13.1. The number of aromatic nitrogens is 2. The molecule has 2 N–H and O–H groups in total. The van der Waals surface area contributed by atoms with Crippen molar-refractivity contribution in [1.82, 2.24) is 15.1 Å². The van der Waals surface area contributed by atoms with E-state index in [2.05, 4.69) is 10.4 Å². The molecule has 1 heterocycles. The average molecular weight is 347 g/mol. The predicted molar refractivity (Wildman–Crippen MR) is 91.1 cm³/mol. The molecule has 1 amide bonds. The summed E-state index contributed by atoms with van der Waals surface area (Å²) in [4.78, 5) is 23.5. The van der Waals surface area contributed by atoms with E-state index in [0.717, 1.165) is 11.3 Å². The zero-order valence-corrected chi connectivity index (χ0v) is 14.7. The molecule has 134 valence electrons. The number of aryl methyl sites for hydroxylation is 1. The van der Waals surface area contributed by atoms with Crippen LogP contribution in [0.15, 0.2) is 24.3 Å². The van der Waals surface area contributed by atoms with Crippen molar-refractivity contribution in [2.24, 2.45) is 5.92 Å². The van der Waals surface area contributed by atoms with Gasteiger partial charge in [0.2, 0.25) is 5.91 Å². The minimum atomic E-state index is -1.06. The number of carbonyl (C=O) groups excluding carboxylic acids is 1. The molecule has 0 saturated heterocycles. The van der Waals surface area contributed by atoms with E-state index in [9.17, 15) is 19.1 Å². The Morgan fingerprint density at radius 2 is 1.84 bits per heavy atom. The number of carbonyl (C=O) groups is 2. The summed E-state index contributed by atoms with van der Waals surface area (Å²) in [5.41, 5.74) is 2.86. The maximum absolute atomic E-state index is 13.1. The van der Waals surface area contributed by atoms with Crippen molar-refractivity contribution >= 4 is 11.9 Å². The summed E-state index contributed by atoms with van der Waals surface area (Å²) in [7, 11) is 0. The Balaban J connectivity index is 2.22. The fourth-order valence-corrected chi connectivity index (χ4v) is 2.66. The van der Waals surface area contributed by atoms with Crippen molar-refractivity contribution in [3.63, 3.8) is 0 Å². The van der Waals surface area contributed by atoms with Gasteiger partial charge < -0.3 is 10.4 Å². The van der Waals surface area contributed by atoms with Crippen LogP contribution in [0.3, 0.4) is 0 Å². The molecule has 0 saturated carbocycles. The molecule has 2 aromatic rings. The lowest BCUT2D eigenvalue weighted by Crippen LogP contribution is -2.45. The Labute approximate surface area is 145 Å². The molecule has 1 atom stereocenters. The highest BCUT2D eigenvalue weighted by Gasteiger charge is 2.24. The third-order valence-corrected chi connectivity index (χ3v) is 4.10. The van der Waals surface area contributed by atoms with Gasteiger partial charge in [-0.15, -0.1) is 0 Å². The molecular weight excluding hydrogens is 325 g/mol. The highest BCUT2D eigenvalue weighted by molar-refractivity contribution is 5.85. The van der Waals surface area contributed by atoms with E-state index in [1.807, 2.05) is 6.92 Å². The SMILES string of the molecule is Cc1nn(-c2ccc(F)cc2)c(C)c1CC(=O)N[C@H](C(=O)O)C(C)C. The van der Waals surface area contributed by atoms with Gasteiger partial charge in [-0.25, -0.2) is 13.9 Å². The summed E-state index contributed by atoms with van der Waals surface area (Å²) in [5, 5.41) is 16.1. The fourth-order valence-electron chi connectivity index (χ4n) is 2.66. The highest BCUT2D eigenvalue weighted by Crippen LogP contribution is 2.19. The molecular formula is C18H22FN3O3. The van der Waals surface area contributed by atoms with E-state index >= 15 is 0 Å². The monoisotopic (exact) mass is 347 g/mol. The second kappa shape index (κ2) is 7.46. The second-order valence-electron chi connectivity index (χ2n) is 6.34. The minimum absolute atomic E-state index is 0.0371. The molecule has 0 unspecified atom stereocenters. The Hall–Kier alpha value is -2.70. The van der Waals surface area contributed by atoms with E-state index in [1.54, 1.807) is 37.6 Å². The standard InChI is InChI=1S/C18H22FN3O3/c1-10(2)17(18(24)25)20-16(23)9-15-11(3)21-22(12(15)4)14-7-5-13(19)6-8-14/h5-8,10,17H,9H2,1-4H3,(H,20,23)(H,24,25)/t17-/m0/s1. The van der Waals surface area contributed by atoms with Crippen LogP contribution in [0.1, 0.15) is 30.8 Å². The van der Waals surface area contributed by atoms with Gasteiger partial charge in [0.15, 0.2) is 0 Å². The first-order valence-corrected chi connectivity index (χ1v) is 8.04. The van der Waals surface area contributed by atoms with Crippen molar-refractivity contribution < 1.29 is 19.1 Å². The summed E-state index contributed by atoms with van der Waals surface area (Å²) in [6.07, 6.45) is 0.0371. The van der Waals surface area contributed by atoms with Crippen LogP contribution in [0.25, 0.3) is 5.69 Å². The number of nitrogens with zero attached hydrogens (tertiary/aromatic N) is 2. The number of halogens is 1. The Morgan fingerprint density at radius 1 is 1.24 bits per heavy atom. The zero-order valence-electron chi connectivity index (χ0n) is 14.7. The summed E-state index contributed by atoms with van der Waals surface area (Å²) in [5.74, 6) is -1.98. The normalized spacial score (nSPS) is 12.2. The molecule has 0 aliphatic rings.